The maximum absolute atomic E-state index is 4.78. The fraction of sp³-hybridized carbons (Fsp3) is 0.389. The van der Waals surface area contributed by atoms with Crippen LogP contribution in [-0.2, 0) is 13.1 Å². The summed E-state index contributed by atoms with van der Waals surface area (Å²) in [7, 11) is 0. The molecule has 6 nitrogen and oxygen atoms in total. The van der Waals surface area contributed by atoms with Gasteiger partial charge in [0, 0.05) is 57.8 Å². The Balaban J connectivity index is 0.00000368. The summed E-state index contributed by atoms with van der Waals surface area (Å²) in [4.78, 5) is 9.56. The molecule has 0 amide bonds. The van der Waals surface area contributed by atoms with E-state index in [9.17, 15) is 0 Å². The van der Waals surface area contributed by atoms with E-state index in [0.717, 1.165) is 37.6 Å². The van der Waals surface area contributed by atoms with E-state index in [1.54, 1.807) is 0 Å². The van der Waals surface area contributed by atoms with Crippen LogP contribution >= 0.6 is 12.4 Å². The van der Waals surface area contributed by atoms with Gasteiger partial charge in [0.25, 0.3) is 0 Å². The monoisotopic (exact) mass is 596 g/mol. The molecule has 2 N–H and O–H groups in total. The van der Waals surface area contributed by atoms with E-state index in [0.29, 0.717) is 12.1 Å². The highest BCUT2D eigenvalue weighted by molar-refractivity contribution is 6.08. The third kappa shape index (κ3) is 6.42. The molecular weight excluding hydrogens is 552 g/mol. The highest BCUT2D eigenvalue weighted by Gasteiger charge is 2.14. The topological polar surface area (TPSA) is 59.7 Å². The van der Waals surface area contributed by atoms with Gasteiger partial charge in [-0.3, -0.25) is 9.97 Å². The minimum atomic E-state index is 0. The second-order valence-electron chi connectivity index (χ2n) is 12.1. The van der Waals surface area contributed by atoms with Crippen molar-refractivity contribution in [1.29, 1.82) is 0 Å². The van der Waals surface area contributed by atoms with Crippen LogP contribution in [-0.4, -0.2) is 32.2 Å². The maximum atomic E-state index is 4.78. The SMILES string of the molecule is CC(C)n1c2ccccc2c2cc(CNCCCCCCNCc3cc4c5ccccc5n(C(C)C)c4cn3)ncc21.Cl. The van der Waals surface area contributed by atoms with Gasteiger partial charge in [0.2, 0.25) is 0 Å². The highest BCUT2D eigenvalue weighted by Crippen LogP contribution is 2.32. The first-order chi connectivity index (χ1) is 20.5. The molecule has 0 aliphatic rings. The Morgan fingerprint density at radius 3 is 1.40 bits per heavy atom. The Hall–Kier alpha value is -3.45. The molecule has 0 spiro atoms. The molecule has 226 valence electrons. The highest BCUT2D eigenvalue weighted by atomic mass is 35.5. The summed E-state index contributed by atoms with van der Waals surface area (Å²) in [6, 6.07) is 22.7. The summed E-state index contributed by atoms with van der Waals surface area (Å²) in [6.07, 6.45) is 8.96. The van der Waals surface area contributed by atoms with Crippen molar-refractivity contribution < 1.29 is 0 Å². The number of nitrogens with one attached hydrogen (secondary N) is 2. The van der Waals surface area contributed by atoms with Crippen LogP contribution in [0.1, 0.15) is 76.8 Å². The summed E-state index contributed by atoms with van der Waals surface area (Å²) < 4.78 is 4.79. The number of unbranched alkanes of at least 4 members (excludes halogenated alkanes) is 3. The number of hydrogen-bond donors (Lipinski definition) is 2. The number of fused-ring (bicyclic) bond motifs is 6. The van der Waals surface area contributed by atoms with Crippen LogP contribution in [0.4, 0.5) is 0 Å². The normalized spacial score (nSPS) is 12.0. The number of para-hydroxylation sites is 2. The molecule has 0 atom stereocenters. The van der Waals surface area contributed by atoms with Gasteiger partial charge in [-0.1, -0.05) is 49.2 Å². The number of halogens is 1. The van der Waals surface area contributed by atoms with Crippen LogP contribution in [0.3, 0.4) is 0 Å². The van der Waals surface area contributed by atoms with Gasteiger partial charge >= 0.3 is 0 Å². The van der Waals surface area contributed by atoms with Crippen molar-refractivity contribution in [2.45, 2.75) is 78.6 Å². The van der Waals surface area contributed by atoms with Crippen molar-refractivity contribution >= 4 is 56.0 Å². The van der Waals surface area contributed by atoms with Gasteiger partial charge in [0.1, 0.15) is 0 Å². The van der Waals surface area contributed by atoms with E-state index in [-0.39, 0.29) is 12.4 Å². The quantitative estimate of drug-likeness (QED) is 0.131. The summed E-state index contributed by atoms with van der Waals surface area (Å²) in [5, 5.41) is 12.4. The van der Waals surface area contributed by atoms with E-state index < -0.39 is 0 Å². The van der Waals surface area contributed by atoms with E-state index in [2.05, 4.69) is 121 Å². The number of nitrogens with zero attached hydrogens (tertiary/aromatic N) is 4. The zero-order valence-corrected chi connectivity index (χ0v) is 26.8. The van der Waals surface area contributed by atoms with Crippen molar-refractivity contribution in [2.75, 3.05) is 13.1 Å². The van der Waals surface area contributed by atoms with Gasteiger partial charge in [-0.25, -0.2) is 0 Å². The summed E-state index contributed by atoms with van der Waals surface area (Å²) >= 11 is 0. The van der Waals surface area contributed by atoms with E-state index >= 15 is 0 Å². The van der Waals surface area contributed by atoms with E-state index in [1.165, 1.54) is 69.3 Å². The van der Waals surface area contributed by atoms with Gasteiger partial charge in [0.05, 0.1) is 34.8 Å². The number of aromatic nitrogens is 4. The molecule has 43 heavy (non-hydrogen) atoms. The minimum Gasteiger partial charge on any atom is -0.337 e. The zero-order chi connectivity index (χ0) is 29.1. The summed E-state index contributed by atoms with van der Waals surface area (Å²) in [5.74, 6) is 0. The lowest BCUT2D eigenvalue weighted by Gasteiger charge is -2.11. The van der Waals surface area contributed by atoms with Crippen molar-refractivity contribution in [3.63, 3.8) is 0 Å². The van der Waals surface area contributed by atoms with Gasteiger partial charge in [0.15, 0.2) is 0 Å². The maximum Gasteiger partial charge on any atom is 0.0680 e. The molecule has 4 aromatic heterocycles. The fourth-order valence-electron chi connectivity index (χ4n) is 6.47. The lowest BCUT2D eigenvalue weighted by Crippen LogP contribution is -2.16. The van der Waals surface area contributed by atoms with Crippen molar-refractivity contribution in [2.24, 2.45) is 0 Å². The zero-order valence-electron chi connectivity index (χ0n) is 25.9. The molecule has 0 bridgehead atoms. The molecule has 6 rings (SSSR count). The predicted molar refractivity (Wildman–Crippen MR) is 184 cm³/mol. The van der Waals surface area contributed by atoms with Crippen LogP contribution in [0.2, 0.25) is 0 Å². The largest absolute Gasteiger partial charge is 0.337 e. The third-order valence-corrected chi connectivity index (χ3v) is 8.41. The summed E-state index contributed by atoms with van der Waals surface area (Å²) in [6.45, 7) is 12.6. The number of hydrogen-bond acceptors (Lipinski definition) is 4. The average molecular weight is 597 g/mol. The fourth-order valence-corrected chi connectivity index (χ4v) is 6.47. The number of rotatable bonds is 13. The van der Waals surface area contributed by atoms with Crippen molar-refractivity contribution in [3.05, 3.63) is 84.4 Å². The Kier molecular flexibility index (Phi) is 10.0. The summed E-state index contributed by atoms with van der Waals surface area (Å²) in [5.41, 5.74) is 7.24. The van der Waals surface area contributed by atoms with Crippen LogP contribution in [0.25, 0.3) is 43.6 Å². The van der Waals surface area contributed by atoms with Crippen LogP contribution < -0.4 is 10.6 Å². The Morgan fingerprint density at radius 1 is 0.558 bits per heavy atom. The van der Waals surface area contributed by atoms with Gasteiger partial charge in [-0.05, 0) is 77.9 Å². The minimum absolute atomic E-state index is 0. The van der Waals surface area contributed by atoms with E-state index in [1.807, 2.05) is 0 Å². The van der Waals surface area contributed by atoms with Gasteiger partial charge in [-0.15, -0.1) is 12.4 Å². The molecule has 0 aliphatic heterocycles. The average Bonchev–Trinajstić information content (AvgIpc) is 3.50. The lowest BCUT2D eigenvalue weighted by molar-refractivity contribution is 0.559. The standard InChI is InChI=1S/C36H44N6.ClH/c1-25(2)41-33-15-9-7-13-29(33)31-19-27(39-23-35(31)41)21-37-17-11-5-6-12-18-38-22-28-20-32-30-14-8-10-16-34(30)42(26(3)4)36(32)24-40-28;/h7-10,13-16,19-20,23-26,37-38H,5-6,11-12,17-18,21-22H2,1-4H3;1H. The predicted octanol–water partition coefficient (Wildman–Crippen LogP) is 8.72. The molecule has 4 heterocycles. The molecular formula is C36H45ClN6. The molecule has 2 aromatic carbocycles. The molecule has 7 heteroatoms. The van der Waals surface area contributed by atoms with Crippen LogP contribution in [0.5, 0.6) is 0 Å². The van der Waals surface area contributed by atoms with E-state index in [4.69, 9.17) is 9.97 Å². The Labute approximate surface area is 261 Å². The van der Waals surface area contributed by atoms with Crippen molar-refractivity contribution in [1.82, 2.24) is 29.7 Å². The molecule has 0 radical (unpaired) electrons. The first-order valence-electron chi connectivity index (χ1n) is 15.7. The second-order valence-corrected chi connectivity index (χ2v) is 12.1. The molecule has 0 unspecified atom stereocenters. The Bertz CT molecular complexity index is 1680. The van der Waals surface area contributed by atoms with Crippen molar-refractivity contribution in [3.8, 4) is 0 Å². The van der Waals surface area contributed by atoms with Gasteiger partial charge in [-0.2, -0.15) is 0 Å². The lowest BCUT2D eigenvalue weighted by atomic mass is 10.1. The molecule has 0 saturated carbocycles. The second kappa shape index (κ2) is 13.9. The molecule has 6 aromatic rings. The third-order valence-electron chi connectivity index (χ3n) is 8.41. The molecule has 0 aliphatic carbocycles. The number of pyridine rings is 2. The van der Waals surface area contributed by atoms with Crippen LogP contribution in [0, 0.1) is 0 Å². The molecule has 0 fully saturated rings. The first-order valence-corrected chi connectivity index (χ1v) is 15.7. The number of benzene rings is 2. The first kappa shape index (κ1) is 31.0. The van der Waals surface area contributed by atoms with Gasteiger partial charge < -0.3 is 19.8 Å². The van der Waals surface area contributed by atoms with Crippen LogP contribution in [0.15, 0.2) is 73.1 Å². The molecule has 0 saturated heterocycles. The Morgan fingerprint density at radius 2 is 0.977 bits per heavy atom. The smallest absolute Gasteiger partial charge is 0.0680 e.